The number of rotatable bonds is 2. The molecule has 0 unspecified atom stereocenters. The van der Waals surface area contributed by atoms with Gasteiger partial charge in [-0.15, -0.1) is 0 Å². The fourth-order valence-electron chi connectivity index (χ4n) is 1.44. The molecule has 2 rings (SSSR count). The lowest BCUT2D eigenvalue weighted by molar-refractivity contribution is 0.959. The van der Waals surface area contributed by atoms with Crippen molar-refractivity contribution >= 4 is 5.84 Å². The quantitative estimate of drug-likeness (QED) is 0.687. The highest BCUT2D eigenvalue weighted by Gasteiger charge is 2.07. The highest BCUT2D eigenvalue weighted by Crippen LogP contribution is 2.06. The molecule has 1 aliphatic rings. The van der Waals surface area contributed by atoms with Gasteiger partial charge >= 0.3 is 0 Å². The van der Waals surface area contributed by atoms with Crippen LogP contribution in [0.2, 0.25) is 0 Å². The van der Waals surface area contributed by atoms with Crippen LogP contribution in [0, 0.1) is 0 Å². The Balaban J connectivity index is 2.29. The molecule has 1 aromatic rings. The van der Waals surface area contributed by atoms with Crippen LogP contribution in [-0.2, 0) is 6.54 Å². The van der Waals surface area contributed by atoms with Crippen LogP contribution in [0.3, 0.4) is 0 Å². The van der Waals surface area contributed by atoms with Gasteiger partial charge in [0.2, 0.25) is 0 Å². The molecule has 1 heterocycles. The molecule has 0 amide bonds. The van der Waals surface area contributed by atoms with Crippen LogP contribution in [0.15, 0.2) is 29.3 Å². The summed E-state index contributed by atoms with van der Waals surface area (Å²) in [4.78, 5) is 4.35. The molecule has 0 atom stereocenters. The van der Waals surface area contributed by atoms with E-state index in [-0.39, 0.29) is 0 Å². The fourth-order valence-corrected chi connectivity index (χ4v) is 1.44. The van der Waals surface area contributed by atoms with Gasteiger partial charge in [0, 0.05) is 18.7 Å². The lowest BCUT2D eigenvalue weighted by atomic mass is 10.1. The van der Waals surface area contributed by atoms with E-state index in [1.807, 2.05) is 12.1 Å². The number of aliphatic imine (C=N–C) groups is 1. The second-order valence-corrected chi connectivity index (χ2v) is 3.06. The van der Waals surface area contributed by atoms with Gasteiger partial charge in [-0.2, -0.15) is 0 Å². The SMILES string of the molecule is NCc1cccc(C2=NCCN2)c1. The molecule has 3 nitrogen and oxygen atoms in total. The number of nitrogens with zero attached hydrogens (tertiary/aromatic N) is 1. The average molecular weight is 175 g/mol. The van der Waals surface area contributed by atoms with Crippen LogP contribution < -0.4 is 11.1 Å². The monoisotopic (exact) mass is 175 g/mol. The van der Waals surface area contributed by atoms with Crippen LogP contribution in [0.4, 0.5) is 0 Å². The first-order valence-electron chi connectivity index (χ1n) is 4.48. The molecule has 3 N–H and O–H groups in total. The van der Waals surface area contributed by atoms with Gasteiger partial charge < -0.3 is 11.1 Å². The van der Waals surface area contributed by atoms with Crippen molar-refractivity contribution < 1.29 is 0 Å². The molecule has 0 aromatic heterocycles. The highest BCUT2D eigenvalue weighted by molar-refractivity contribution is 5.99. The Bertz CT molecular complexity index is 331. The van der Waals surface area contributed by atoms with Crippen LogP contribution >= 0.6 is 0 Å². The molecule has 1 aliphatic heterocycles. The van der Waals surface area contributed by atoms with Crippen molar-refractivity contribution in [3.8, 4) is 0 Å². The van der Waals surface area contributed by atoms with E-state index < -0.39 is 0 Å². The molecule has 0 spiro atoms. The third-order valence-electron chi connectivity index (χ3n) is 2.11. The first-order valence-corrected chi connectivity index (χ1v) is 4.48. The van der Waals surface area contributed by atoms with Gasteiger partial charge in [0.15, 0.2) is 0 Å². The van der Waals surface area contributed by atoms with E-state index in [4.69, 9.17) is 5.73 Å². The number of hydrogen-bond donors (Lipinski definition) is 2. The smallest absolute Gasteiger partial charge is 0.128 e. The molecule has 68 valence electrons. The molecule has 0 saturated carbocycles. The van der Waals surface area contributed by atoms with Gasteiger partial charge in [-0.05, 0) is 11.6 Å². The van der Waals surface area contributed by atoms with Gasteiger partial charge in [-0.3, -0.25) is 4.99 Å². The molecule has 0 fully saturated rings. The fraction of sp³-hybridized carbons (Fsp3) is 0.300. The van der Waals surface area contributed by atoms with Crippen molar-refractivity contribution in [3.05, 3.63) is 35.4 Å². The summed E-state index contributed by atoms with van der Waals surface area (Å²) in [5, 5.41) is 3.23. The van der Waals surface area contributed by atoms with E-state index in [1.54, 1.807) is 0 Å². The minimum absolute atomic E-state index is 0.584. The molecule has 0 radical (unpaired) electrons. The number of amidine groups is 1. The highest BCUT2D eigenvalue weighted by atomic mass is 15.1. The summed E-state index contributed by atoms with van der Waals surface area (Å²) >= 11 is 0. The summed E-state index contributed by atoms with van der Waals surface area (Å²) in [5.41, 5.74) is 7.84. The number of nitrogens with one attached hydrogen (secondary N) is 1. The van der Waals surface area contributed by atoms with Gasteiger partial charge in [-0.25, -0.2) is 0 Å². The lowest BCUT2D eigenvalue weighted by Crippen LogP contribution is -2.19. The maximum absolute atomic E-state index is 5.56. The number of hydrogen-bond acceptors (Lipinski definition) is 3. The normalized spacial score (nSPS) is 15.3. The predicted molar refractivity (Wildman–Crippen MR) is 53.7 cm³/mol. The summed E-state index contributed by atoms with van der Waals surface area (Å²) in [6.45, 7) is 2.41. The standard InChI is InChI=1S/C10H13N3/c11-7-8-2-1-3-9(6-8)10-12-4-5-13-10/h1-3,6H,4-5,7,11H2,(H,12,13). The zero-order chi connectivity index (χ0) is 9.10. The van der Waals surface area contributed by atoms with E-state index in [1.165, 1.54) is 0 Å². The molecule has 0 aliphatic carbocycles. The maximum Gasteiger partial charge on any atom is 0.128 e. The third kappa shape index (κ3) is 1.70. The summed E-state index contributed by atoms with van der Waals surface area (Å²) in [5.74, 6) is 0.996. The van der Waals surface area contributed by atoms with Crippen molar-refractivity contribution in [2.24, 2.45) is 10.7 Å². The van der Waals surface area contributed by atoms with E-state index in [2.05, 4.69) is 22.4 Å². The van der Waals surface area contributed by atoms with Crippen molar-refractivity contribution in [3.63, 3.8) is 0 Å². The first kappa shape index (κ1) is 8.26. The van der Waals surface area contributed by atoms with Gasteiger partial charge in [0.25, 0.3) is 0 Å². The average Bonchev–Trinajstić information content (AvgIpc) is 2.71. The zero-order valence-corrected chi connectivity index (χ0v) is 7.46. The molecule has 1 aromatic carbocycles. The van der Waals surface area contributed by atoms with Crippen LogP contribution in [0.5, 0.6) is 0 Å². The van der Waals surface area contributed by atoms with Crippen molar-refractivity contribution in [1.29, 1.82) is 0 Å². The predicted octanol–water partition coefficient (Wildman–Crippen LogP) is 0.495. The Hall–Kier alpha value is -1.35. The lowest BCUT2D eigenvalue weighted by Gasteiger charge is -2.03. The van der Waals surface area contributed by atoms with Gasteiger partial charge in [0.1, 0.15) is 5.84 Å². The molecular weight excluding hydrogens is 162 g/mol. The largest absolute Gasteiger partial charge is 0.368 e. The Morgan fingerprint density at radius 3 is 3.08 bits per heavy atom. The van der Waals surface area contributed by atoms with Crippen LogP contribution in [-0.4, -0.2) is 18.9 Å². The first-order chi connectivity index (χ1) is 6.40. The summed E-state index contributed by atoms with van der Waals surface area (Å²) in [7, 11) is 0. The molecule has 0 bridgehead atoms. The van der Waals surface area contributed by atoms with Gasteiger partial charge in [-0.1, -0.05) is 18.2 Å². The Labute approximate surface area is 77.7 Å². The summed E-state index contributed by atoms with van der Waals surface area (Å²) < 4.78 is 0. The van der Waals surface area contributed by atoms with Gasteiger partial charge in [0.05, 0.1) is 6.54 Å². The van der Waals surface area contributed by atoms with Crippen molar-refractivity contribution in [2.45, 2.75) is 6.54 Å². The minimum atomic E-state index is 0.584. The van der Waals surface area contributed by atoms with Crippen molar-refractivity contribution in [1.82, 2.24) is 5.32 Å². The Morgan fingerprint density at radius 2 is 2.38 bits per heavy atom. The topological polar surface area (TPSA) is 50.4 Å². The van der Waals surface area contributed by atoms with E-state index >= 15 is 0 Å². The third-order valence-corrected chi connectivity index (χ3v) is 2.11. The maximum atomic E-state index is 5.56. The zero-order valence-electron chi connectivity index (χ0n) is 7.46. The molecular formula is C10H13N3. The summed E-state index contributed by atoms with van der Waals surface area (Å²) in [6, 6.07) is 8.17. The molecule has 13 heavy (non-hydrogen) atoms. The molecule has 3 heteroatoms. The van der Waals surface area contributed by atoms with E-state index in [9.17, 15) is 0 Å². The number of nitrogens with two attached hydrogens (primary N) is 1. The van der Waals surface area contributed by atoms with Crippen LogP contribution in [0.1, 0.15) is 11.1 Å². The second kappa shape index (κ2) is 3.58. The number of benzene rings is 1. The van der Waals surface area contributed by atoms with Crippen molar-refractivity contribution in [2.75, 3.05) is 13.1 Å². The molecule has 0 saturated heterocycles. The second-order valence-electron chi connectivity index (χ2n) is 3.06. The van der Waals surface area contributed by atoms with Crippen LogP contribution in [0.25, 0.3) is 0 Å². The summed E-state index contributed by atoms with van der Waals surface area (Å²) in [6.07, 6.45) is 0. The van der Waals surface area contributed by atoms with E-state index in [0.29, 0.717) is 6.54 Å². The Morgan fingerprint density at radius 1 is 1.46 bits per heavy atom. The minimum Gasteiger partial charge on any atom is -0.368 e. The van der Waals surface area contributed by atoms with E-state index in [0.717, 1.165) is 30.1 Å². The Kier molecular flexibility index (Phi) is 2.27.